The van der Waals surface area contributed by atoms with Crippen LogP contribution in [0.25, 0.3) is 0 Å². The van der Waals surface area contributed by atoms with E-state index in [1.165, 1.54) is 141 Å². The van der Waals surface area contributed by atoms with Gasteiger partial charge in [-0.15, -0.1) is 0 Å². The largest absolute Gasteiger partial charge is 0.394 e. The van der Waals surface area contributed by atoms with Crippen LogP contribution in [0.2, 0.25) is 0 Å². The molecule has 3 unspecified atom stereocenters. The SMILES string of the molecule is CCCCCCCCCCCCCCCCCCC/C=C/C(O)C(CO)NC(=O)CC(O)CCCCCCCCCC. The standard InChI is InChI=1S/C37H73NO4/c1-3-5-7-9-11-13-14-15-16-17-18-19-20-21-22-23-25-27-29-31-36(41)35(33-39)38-37(42)32-34(40)30-28-26-24-12-10-8-6-4-2/h29,31,34-36,39-41H,3-28,30,32-33H2,1-2H3,(H,38,42)/b31-29+. The third-order valence-corrected chi connectivity index (χ3v) is 8.57. The second-order valence-electron chi connectivity index (χ2n) is 12.8. The molecule has 0 spiro atoms. The van der Waals surface area contributed by atoms with E-state index in [1.807, 2.05) is 6.08 Å². The van der Waals surface area contributed by atoms with Crippen LogP contribution in [-0.4, -0.2) is 46.1 Å². The molecule has 5 nitrogen and oxygen atoms in total. The Morgan fingerprint density at radius 1 is 0.595 bits per heavy atom. The molecule has 0 radical (unpaired) electrons. The van der Waals surface area contributed by atoms with E-state index in [0.29, 0.717) is 6.42 Å². The molecule has 3 atom stereocenters. The summed E-state index contributed by atoms with van der Waals surface area (Å²) in [5.41, 5.74) is 0. The average Bonchev–Trinajstić information content (AvgIpc) is 2.98. The van der Waals surface area contributed by atoms with Crippen molar-refractivity contribution in [1.82, 2.24) is 5.32 Å². The Kier molecular flexibility index (Phi) is 32.3. The second kappa shape index (κ2) is 33.0. The number of unbranched alkanes of at least 4 members (excludes halogenated alkanes) is 24. The summed E-state index contributed by atoms with van der Waals surface area (Å²) in [6.07, 6.45) is 36.3. The highest BCUT2D eigenvalue weighted by Crippen LogP contribution is 2.15. The van der Waals surface area contributed by atoms with Crippen LogP contribution in [0.5, 0.6) is 0 Å². The number of aliphatic hydroxyl groups is 3. The van der Waals surface area contributed by atoms with Gasteiger partial charge in [-0.1, -0.05) is 180 Å². The minimum Gasteiger partial charge on any atom is -0.394 e. The number of amides is 1. The van der Waals surface area contributed by atoms with E-state index in [9.17, 15) is 20.1 Å². The summed E-state index contributed by atoms with van der Waals surface area (Å²) in [4.78, 5) is 12.3. The molecule has 0 bridgehead atoms. The zero-order chi connectivity index (χ0) is 30.9. The molecule has 1 amide bonds. The smallest absolute Gasteiger partial charge is 0.222 e. The van der Waals surface area contributed by atoms with Gasteiger partial charge in [0.25, 0.3) is 0 Å². The molecule has 0 heterocycles. The molecule has 5 heteroatoms. The van der Waals surface area contributed by atoms with E-state index in [0.717, 1.165) is 25.7 Å². The predicted octanol–water partition coefficient (Wildman–Crippen LogP) is 9.70. The zero-order valence-electron chi connectivity index (χ0n) is 28.1. The van der Waals surface area contributed by atoms with Gasteiger partial charge >= 0.3 is 0 Å². The number of carbonyl (C=O) groups excluding carboxylic acids is 1. The topological polar surface area (TPSA) is 89.8 Å². The van der Waals surface area contributed by atoms with Gasteiger partial charge in [0.05, 0.1) is 31.3 Å². The van der Waals surface area contributed by atoms with Crippen molar-refractivity contribution in [2.24, 2.45) is 0 Å². The lowest BCUT2D eigenvalue weighted by Gasteiger charge is -2.21. The van der Waals surface area contributed by atoms with Crippen LogP contribution in [0.1, 0.15) is 194 Å². The highest BCUT2D eigenvalue weighted by atomic mass is 16.3. The van der Waals surface area contributed by atoms with Crippen LogP contribution >= 0.6 is 0 Å². The van der Waals surface area contributed by atoms with Gasteiger partial charge in [-0.3, -0.25) is 4.79 Å². The fourth-order valence-electron chi connectivity index (χ4n) is 5.69. The van der Waals surface area contributed by atoms with Gasteiger partial charge in [0.1, 0.15) is 0 Å². The molecule has 42 heavy (non-hydrogen) atoms. The Labute approximate surface area is 261 Å². The van der Waals surface area contributed by atoms with E-state index in [1.54, 1.807) is 6.08 Å². The Morgan fingerprint density at radius 3 is 1.38 bits per heavy atom. The molecule has 0 rings (SSSR count). The lowest BCUT2D eigenvalue weighted by Crippen LogP contribution is -2.45. The van der Waals surface area contributed by atoms with Gasteiger partial charge in [-0.05, 0) is 19.3 Å². The van der Waals surface area contributed by atoms with Crippen LogP contribution < -0.4 is 5.32 Å². The summed E-state index contributed by atoms with van der Waals surface area (Å²) >= 11 is 0. The van der Waals surface area contributed by atoms with Gasteiger partial charge in [-0.25, -0.2) is 0 Å². The molecule has 0 aromatic carbocycles. The lowest BCUT2D eigenvalue weighted by atomic mass is 10.0. The monoisotopic (exact) mass is 596 g/mol. The normalized spacial score (nSPS) is 13.9. The maximum atomic E-state index is 12.3. The van der Waals surface area contributed by atoms with Gasteiger partial charge in [0.15, 0.2) is 0 Å². The molecule has 0 aliphatic rings. The Morgan fingerprint density at radius 2 is 0.976 bits per heavy atom. The molecule has 250 valence electrons. The first-order chi connectivity index (χ1) is 20.5. The predicted molar refractivity (Wildman–Crippen MR) is 181 cm³/mol. The van der Waals surface area contributed by atoms with E-state index >= 15 is 0 Å². The quantitative estimate of drug-likeness (QED) is 0.0449. The third kappa shape index (κ3) is 29.2. The van der Waals surface area contributed by atoms with E-state index in [2.05, 4.69) is 19.2 Å². The van der Waals surface area contributed by atoms with Crippen LogP contribution in [0.3, 0.4) is 0 Å². The van der Waals surface area contributed by atoms with Gasteiger partial charge in [-0.2, -0.15) is 0 Å². The molecule has 0 saturated heterocycles. The van der Waals surface area contributed by atoms with Crippen molar-refractivity contribution in [3.05, 3.63) is 12.2 Å². The van der Waals surface area contributed by atoms with Crippen molar-refractivity contribution in [2.75, 3.05) is 6.61 Å². The second-order valence-corrected chi connectivity index (χ2v) is 12.8. The van der Waals surface area contributed by atoms with Gasteiger partial charge in [0.2, 0.25) is 5.91 Å². The first-order valence-electron chi connectivity index (χ1n) is 18.5. The van der Waals surface area contributed by atoms with Gasteiger partial charge < -0.3 is 20.6 Å². The van der Waals surface area contributed by atoms with E-state index in [-0.39, 0.29) is 18.9 Å². The van der Waals surface area contributed by atoms with Gasteiger partial charge in [0, 0.05) is 0 Å². The molecule has 0 aromatic rings. The average molecular weight is 596 g/mol. The van der Waals surface area contributed by atoms with Crippen molar-refractivity contribution in [2.45, 2.75) is 212 Å². The molecule has 4 N–H and O–H groups in total. The fourth-order valence-corrected chi connectivity index (χ4v) is 5.69. The molecular weight excluding hydrogens is 522 g/mol. The molecule has 0 fully saturated rings. The fraction of sp³-hybridized carbons (Fsp3) is 0.919. The summed E-state index contributed by atoms with van der Waals surface area (Å²) in [6, 6.07) is -0.736. The molecule has 0 saturated carbocycles. The van der Waals surface area contributed by atoms with Crippen LogP contribution in [-0.2, 0) is 4.79 Å². The number of hydrogen-bond acceptors (Lipinski definition) is 4. The maximum absolute atomic E-state index is 12.3. The maximum Gasteiger partial charge on any atom is 0.222 e. The molecule has 0 aromatic heterocycles. The number of carbonyl (C=O) groups is 1. The number of nitrogens with one attached hydrogen (secondary N) is 1. The third-order valence-electron chi connectivity index (χ3n) is 8.57. The van der Waals surface area contributed by atoms with E-state index < -0.39 is 18.2 Å². The number of hydrogen-bond donors (Lipinski definition) is 4. The number of allylic oxidation sites excluding steroid dienone is 1. The highest BCUT2D eigenvalue weighted by molar-refractivity contribution is 5.76. The summed E-state index contributed by atoms with van der Waals surface area (Å²) in [7, 11) is 0. The molecule has 0 aliphatic heterocycles. The number of rotatable bonds is 33. The van der Waals surface area contributed by atoms with Crippen LogP contribution in [0, 0.1) is 0 Å². The summed E-state index contributed by atoms with van der Waals surface area (Å²) in [6.45, 7) is 4.17. The minimum atomic E-state index is -0.922. The highest BCUT2D eigenvalue weighted by Gasteiger charge is 2.20. The van der Waals surface area contributed by atoms with Crippen LogP contribution in [0.4, 0.5) is 0 Å². The molecule has 0 aliphatic carbocycles. The Bertz CT molecular complexity index is 582. The van der Waals surface area contributed by atoms with Crippen molar-refractivity contribution in [1.29, 1.82) is 0 Å². The van der Waals surface area contributed by atoms with Crippen molar-refractivity contribution in [3.8, 4) is 0 Å². The Balaban J connectivity index is 3.67. The van der Waals surface area contributed by atoms with Crippen molar-refractivity contribution >= 4 is 5.91 Å². The zero-order valence-corrected chi connectivity index (χ0v) is 28.1. The summed E-state index contributed by atoms with van der Waals surface area (Å²) in [5.74, 6) is -0.318. The van der Waals surface area contributed by atoms with Crippen LogP contribution in [0.15, 0.2) is 12.2 Å². The number of aliphatic hydroxyl groups excluding tert-OH is 3. The lowest BCUT2D eigenvalue weighted by molar-refractivity contribution is -0.124. The van der Waals surface area contributed by atoms with Crippen molar-refractivity contribution < 1.29 is 20.1 Å². The first-order valence-corrected chi connectivity index (χ1v) is 18.5. The summed E-state index contributed by atoms with van der Waals surface area (Å²) in [5, 5.41) is 32.9. The Hall–Kier alpha value is -0.910. The first kappa shape index (κ1) is 41.1. The van der Waals surface area contributed by atoms with Crippen molar-refractivity contribution in [3.63, 3.8) is 0 Å². The molecular formula is C37H73NO4. The van der Waals surface area contributed by atoms with E-state index in [4.69, 9.17) is 0 Å². The minimum absolute atomic E-state index is 0.0166. The summed E-state index contributed by atoms with van der Waals surface area (Å²) < 4.78 is 0.